The van der Waals surface area contributed by atoms with Crippen molar-refractivity contribution in [3.8, 4) is 22.4 Å². The summed E-state index contributed by atoms with van der Waals surface area (Å²) in [5.41, 5.74) is 2.00. The third-order valence-electron chi connectivity index (χ3n) is 7.25. The highest BCUT2D eigenvalue weighted by atomic mass is 35.5. The molecule has 12 heteroatoms. The molecule has 2 heterocycles. The van der Waals surface area contributed by atoms with E-state index in [0.29, 0.717) is 51.2 Å². The van der Waals surface area contributed by atoms with Crippen molar-refractivity contribution in [2.24, 2.45) is 4.99 Å². The van der Waals surface area contributed by atoms with Crippen molar-refractivity contribution in [2.45, 2.75) is 64.3 Å². The lowest BCUT2D eigenvalue weighted by molar-refractivity contribution is -0.137. The van der Waals surface area contributed by atoms with Gasteiger partial charge in [0.25, 0.3) is 0 Å². The van der Waals surface area contributed by atoms with Crippen LogP contribution < -0.4 is 5.32 Å². The van der Waals surface area contributed by atoms with Gasteiger partial charge in [0.05, 0.1) is 34.0 Å². The SMILES string of the molecule is CCC(=NC(=O)Nc1cc(-c2cccnc2)cc(C(F)(F)F)c1)C(CC)OCc1c(-c2c(Cl)cccc2Cl)noc1C1CC1. The van der Waals surface area contributed by atoms with Crippen molar-refractivity contribution in [2.75, 3.05) is 5.32 Å². The Balaban J connectivity index is 1.37. The summed E-state index contributed by atoms with van der Waals surface area (Å²) in [6.45, 7) is 3.82. The summed E-state index contributed by atoms with van der Waals surface area (Å²) in [5.74, 6) is 0.942. The number of urea groups is 1. The van der Waals surface area contributed by atoms with Crippen LogP contribution in [-0.4, -0.2) is 28.0 Å². The van der Waals surface area contributed by atoms with Crippen molar-refractivity contribution < 1.29 is 27.2 Å². The summed E-state index contributed by atoms with van der Waals surface area (Å²) in [4.78, 5) is 21.2. The minimum atomic E-state index is -4.62. The second kappa shape index (κ2) is 13.5. The number of amides is 2. The molecule has 1 unspecified atom stereocenters. The van der Waals surface area contributed by atoms with Crippen molar-refractivity contribution in [1.82, 2.24) is 10.1 Å². The molecule has 230 valence electrons. The predicted octanol–water partition coefficient (Wildman–Crippen LogP) is 9.98. The number of ether oxygens (including phenoxy) is 1. The van der Waals surface area contributed by atoms with Crippen molar-refractivity contribution in [3.05, 3.63) is 87.9 Å². The maximum atomic E-state index is 13.7. The zero-order valence-corrected chi connectivity index (χ0v) is 25.4. The summed E-state index contributed by atoms with van der Waals surface area (Å²) in [6.07, 6.45) is 0.588. The fourth-order valence-corrected chi connectivity index (χ4v) is 5.48. The molecule has 1 saturated carbocycles. The number of hydrogen-bond acceptors (Lipinski definition) is 5. The van der Waals surface area contributed by atoms with Crippen LogP contribution in [0.25, 0.3) is 22.4 Å². The highest BCUT2D eigenvalue weighted by Gasteiger charge is 2.34. The highest BCUT2D eigenvalue weighted by molar-refractivity contribution is 6.39. The molecule has 0 saturated heterocycles. The van der Waals surface area contributed by atoms with Gasteiger partial charge in [-0.2, -0.15) is 13.2 Å². The molecule has 1 fully saturated rings. The minimum absolute atomic E-state index is 0.0448. The average Bonchev–Trinajstić information content (AvgIpc) is 3.76. The van der Waals surface area contributed by atoms with Gasteiger partial charge < -0.3 is 14.6 Å². The molecule has 5 rings (SSSR count). The third-order valence-corrected chi connectivity index (χ3v) is 7.88. The predicted molar refractivity (Wildman–Crippen MR) is 164 cm³/mol. The third kappa shape index (κ3) is 7.31. The summed E-state index contributed by atoms with van der Waals surface area (Å²) in [5, 5.41) is 7.63. The smallest absolute Gasteiger partial charge is 0.367 e. The maximum Gasteiger partial charge on any atom is 0.416 e. The number of nitrogens with one attached hydrogen (secondary N) is 1. The van der Waals surface area contributed by atoms with E-state index in [4.69, 9.17) is 32.5 Å². The normalized spacial score (nSPS) is 14.5. The van der Waals surface area contributed by atoms with Crippen LogP contribution in [0.4, 0.5) is 23.7 Å². The first-order valence-corrected chi connectivity index (χ1v) is 14.9. The maximum absolute atomic E-state index is 13.7. The first kappa shape index (κ1) is 31.7. The highest BCUT2D eigenvalue weighted by Crippen LogP contribution is 2.46. The minimum Gasteiger partial charge on any atom is -0.367 e. The number of nitrogens with zero attached hydrogens (tertiary/aromatic N) is 3. The molecule has 2 aromatic carbocycles. The van der Waals surface area contributed by atoms with Gasteiger partial charge in [0.1, 0.15) is 11.5 Å². The quantitative estimate of drug-likeness (QED) is 0.173. The fraction of sp³-hybridized carbons (Fsp3) is 0.312. The number of halogens is 5. The molecular formula is C32H29Cl2F3N4O3. The molecule has 4 aromatic rings. The Kier molecular flexibility index (Phi) is 9.72. The van der Waals surface area contributed by atoms with E-state index < -0.39 is 23.9 Å². The summed E-state index contributed by atoms with van der Waals surface area (Å²) < 4.78 is 53.1. The lowest BCUT2D eigenvalue weighted by Crippen LogP contribution is -2.25. The number of anilines is 1. The van der Waals surface area contributed by atoms with Gasteiger partial charge >= 0.3 is 12.2 Å². The van der Waals surface area contributed by atoms with E-state index in [1.54, 1.807) is 30.3 Å². The Morgan fingerprint density at radius 2 is 1.86 bits per heavy atom. The zero-order chi connectivity index (χ0) is 31.4. The zero-order valence-electron chi connectivity index (χ0n) is 23.9. The molecule has 2 aromatic heterocycles. The van der Waals surface area contributed by atoms with Gasteiger partial charge in [0.15, 0.2) is 0 Å². The largest absolute Gasteiger partial charge is 0.416 e. The Labute approximate surface area is 262 Å². The number of rotatable bonds is 10. The van der Waals surface area contributed by atoms with Gasteiger partial charge in [-0.15, -0.1) is 0 Å². The Morgan fingerprint density at radius 1 is 1.11 bits per heavy atom. The van der Waals surface area contributed by atoms with Crippen LogP contribution in [0.3, 0.4) is 0 Å². The molecule has 0 spiro atoms. The van der Waals surface area contributed by atoms with E-state index in [1.807, 2.05) is 13.8 Å². The molecule has 44 heavy (non-hydrogen) atoms. The van der Waals surface area contributed by atoms with Gasteiger partial charge in [0.2, 0.25) is 0 Å². The number of carbonyl (C=O) groups excluding carboxylic acids is 1. The lowest BCUT2D eigenvalue weighted by Gasteiger charge is -2.18. The van der Waals surface area contributed by atoms with Gasteiger partial charge in [-0.05, 0) is 67.6 Å². The van der Waals surface area contributed by atoms with Crippen LogP contribution in [0.2, 0.25) is 10.0 Å². The second-order valence-corrected chi connectivity index (χ2v) is 11.2. The molecule has 2 amide bonds. The van der Waals surface area contributed by atoms with E-state index in [9.17, 15) is 18.0 Å². The number of pyridine rings is 1. The molecule has 1 aliphatic carbocycles. The fourth-order valence-electron chi connectivity index (χ4n) is 4.91. The van der Waals surface area contributed by atoms with E-state index in [2.05, 4.69) is 20.4 Å². The van der Waals surface area contributed by atoms with Crippen molar-refractivity contribution in [1.29, 1.82) is 0 Å². The van der Waals surface area contributed by atoms with Crippen molar-refractivity contribution in [3.63, 3.8) is 0 Å². The number of aliphatic imine (C=N–C) groups is 1. The van der Waals surface area contributed by atoms with Crippen LogP contribution >= 0.6 is 23.2 Å². The standard InChI is InChI=1S/C32H29Cl2F3N4O3/c1-3-26(40-31(42)39-22-14-20(19-7-6-12-38-16-19)13-21(15-22)32(35,36)37)27(4-2)43-17-23-29(41-44-30(23)18-10-11-18)28-24(33)8-5-9-25(28)34/h5-9,12-16,18,27H,3-4,10-11,17H2,1-2H3,(H,39,42). The number of hydrogen-bond donors (Lipinski definition) is 1. The number of alkyl halides is 3. The van der Waals surface area contributed by atoms with Crippen molar-refractivity contribution >= 4 is 40.6 Å². The number of benzene rings is 2. The topological polar surface area (TPSA) is 89.6 Å². The Morgan fingerprint density at radius 3 is 2.48 bits per heavy atom. The van der Waals surface area contributed by atoms with Crippen LogP contribution in [0.5, 0.6) is 0 Å². The second-order valence-electron chi connectivity index (χ2n) is 10.4. The number of carbonyl (C=O) groups is 1. The van der Waals surface area contributed by atoms with E-state index in [1.165, 1.54) is 18.5 Å². The Hall–Kier alpha value is -3.73. The van der Waals surface area contributed by atoms with Gasteiger partial charge in [-0.1, -0.05) is 54.3 Å². The van der Waals surface area contributed by atoms with Gasteiger partial charge in [-0.3, -0.25) is 4.98 Å². The van der Waals surface area contributed by atoms with Gasteiger partial charge in [0, 0.05) is 40.7 Å². The summed E-state index contributed by atoms with van der Waals surface area (Å²) in [6, 6.07) is 11.0. The summed E-state index contributed by atoms with van der Waals surface area (Å²) in [7, 11) is 0. The molecule has 0 aliphatic heterocycles. The molecule has 1 aliphatic rings. The van der Waals surface area contributed by atoms with Crippen LogP contribution in [-0.2, 0) is 17.5 Å². The first-order valence-electron chi connectivity index (χ1n) is 14.1. The summed E-state index contributed by atoms with van der Waals surface area (Å²) >= 11 is 12.9. The monoisotopic (exact) mass is 644 g/mol. The van der Waals surface area contributed by atoms with E-state index >= 15 is 0 Å². The van der Waals surface area contributed by atoms with Crippen LogP contribution in [0.1, 0.15) is 62.3 Å². The van der Waals surface area contributed by atoms with E-state index in [-0.39, 0.29) is 23.8 Å². The van der Waals surface area contributed by atoms with Gasteiger partial charge in [-0.25, -0.2) is 9.79 Å². The molecule has 1 N–H and O–H groups in total. The molecule has 1 atom stereocenters. The average molecular weight is 646 g/mol. The van der Waals surface area contributed by atoms with Crippen LogP contribution in [0, 0.1) is 0 Å². The first-order chi connectivity index (χ1) is 21.1. The molecule has 7 nitrogen and oxygen atoms in total. The van der Waals surface area contributed by atoms with E-state index in [0.717, 1.165) is 30.5 Å². The molecule has 0 bridgehead atoms. The molecular weight excluding hydrogens is 616 g/mol. The van der Waals surface area contributed by atoms with Crippen LogP contribution in [0.15, 0.2) is 70.4 Å². The number of aromatic nitrogens is 2. The lowest BCUT2D eigenvalue weighted by atomic mass is 10.0. The molecule has 0 radical (unpaired) electrons. The Bertz CT molecular complexity index is 1650.